The van der Waals surface area contributed by atoms with Gasteiger partial charge in [-0.3, -0.25) is 4.79 Å². The second-order valence-electron chi connectivity index (χ2n) is 6.89. The Hall–Kier alpha value is -1.15. The molecule has 1 aliphatic heterocycles. The van der Waals surface area contributed by atoms with Gasteiger partial charge in [-0.2, -0.15) is 0 Å². The van der Waals surface area contributed by atoms with Gasteiger partial charge >= 0.3 is 0 Å². The van der Waals surface area contributed by atoms with Crippen LogP contribution in [-0.2, 0) is 5.41 Å². The number of rotatable bonds is 2. The molecule has 0 N–H and O–H groups in total. The largest absolute Gasteiger partial charge is 0.304 e. The first-order valence-corrected chi connectivity index (χ1v) is 6.56. The highest BCUT2D eigenvalue weighted by molar-refractivity contribution is 6.01. The zero-order valence-corrected chi connectivity index (χ0v) is 12.1. The van der Waals surface area contributed by atoms with E-state index >= 15 is 0 Å². The number of carbonyl (C=O) groups is 1. The number of benzene rings is 1. The molecule has 0 atom stereocenters. The monoisotopic (exact) mass is 245 g/mol. The molecule has 0 bridgehead atoms. The minimum Gasteiger partial charge on any atom is -0.304 e. The average Bonchev–Trinajstić information content (AvgIpc) is 2.25. The molecule has 2 nitrogen and oxygen atoms in total. The molecular weight excluding hydrogens is 222 g/mol. The zero-order valence-electron chi connectivity index (χ0n) is 12.1. The van der Waals surface area contributed by atoms with Gasteiger partial charge < -0.3 is 4.90 Å². The van der Waals surface area contributed by atoms with E-state index in [0.717, 1.165) is 18.7 Å². The number of hydrogen-bond acceptors (Lipinski definition) is 2. The summed E-state index contributed by atoms with van der Waals surface area (Å²) in [7, 11) is 2.05. The molecule has 0 spiro atoms. The van der Waals surface area contributed by atoms with E-state index in [9.17, 15) is 4.79 Å². The van der Waals surface area contributed by atoms with Gasteiger partial charge in [-0.25, -0.2) is 0 Å². The van der Waals surface area contributed by atoms with Gasteiger partial charge in [-0.1, -0.05) is 45.0 Å². The lowest BCUT2D eigenvalue weighted by molar-refractivity contribution is 0.0322. The summed E-state index contributed by atoms with van der Waals surface area (Å²) < 4.78 is 0. The van der Waals surface area contributed by atoms with Crippen LogP contribution in [0.4, 0.5) is 0 Å². The molecule has 0 aromatic heterocycles. The number of carbonyl (C=O) groups excluding carboxylic acids is 1. The van der Waals surface area contributed by atoms with Gasteiger partial charge in [0.2, 0.25) is 0 Å². The number of Topliss-reactive ketones (excluding diaryl/α,β-unsaturated/α-hetero) is 1. The van der Waals surface area contributed by atoms with Gasteiger partial charge in [-0.15, -0.1) is 0 Å². The molecule has 1 aromatic rings. The van der Waals surface area contributed by atoms with Crippen molar-refractivity contribution >= 4 is 5.78 Å². The maximum atomic E-state index is 12.4. The molecule has 18 heavy (non-hydrogen) atoms. The Morgan fingerprint density at radius 3 is 2.06 bits per heavy atom. The molecule has 0 amide bonds. The first kappa shape index (κ1) is 13.3. The predicted octanol–water partition coefficient (Wildman–Crippen LogP) is 3.12. The van der Waals surface area contributed by atoms with Crippen molar-refractivity contribution in [3.8, 4) is 0 Å². The van der Waals surface area contributed by atoms with Crippen LogP contribution in [0.5, 0.6) is 0 Å². The number of nitrogens with zero attached hydrogens (tertiary/aromatic N) is 1. The molecule has 1 aliphatic rings. The van der Waals surface area contributed by atoms with Crippen LogP contribution in [0.1, 0.15) is 43.6 Å². The Kier molecular flexibility index (Phi) is 3.10. The molecule has 0 unspecified atom stereocenters. The van der Waals surface area contributed by atoms with E-state index in [1.54, 1.807) is 0 Å². The molecule has 1 saturated heterocycles. The summed E-state index contributed by atoms with van der Waals surface area (Å²) in [6, 6.07) is 8.12. The summed E-state index contributed by atoms with van der Waals surface area (Å²) in [6.45, 7) is 10.4. The van der Waals surface area contributed by atoms with Crippen molar-refractivity contribution in [2.45, 2.75) is 33.1 Å². The maximum Gasteiger partial charge on any atom is 0.171 e. The fraction of sp³-hybridized carbons (Fsp3) is 0.562. The summed E-state index contributed by atoms with van der Waals surface area (Å²) in [5, 5.41) is 0. The highest BCUT2D eigenvalue weighted by atomic mass is 16.1. The Labute approximate surface area is 110 Å². The van der Waals surface area contributed by atoms with Crippen LogP contribution in [0.3, 0.4) is 0 Å². The smallest absolute Gasteiger partial charge is 0.171 e. The van der Waals surface area contributed by atoms with Crippen molar-refractivity contribution in [3.05, 3.63) is 35.4 Å². The van der Waals surface area contributed by atoms with Crippen molar-refractivity contribution in [2.24, 2.45) is 5.41 Å². The summed E-state index contributed by atoms with van der Waals surface area (Å²) in [5.74, 6) is 0.279. The maximum absolute atomic E-state index is 12.4. The highest BCUT2D eigenvalue weighted by Crippen LogP contribution is 2.33. The lowest BCUT2D eigenvalue weighted by Gasteiger charge is -2.44. The summed E-state index contributed by atoms with van der Waals surface area (Å²) in [5.41, 5.74) is 2.08. The molecule has 0 aliphatic carbocycles. The molecule has 2 rings (SSSR count). The third kappa shape index (κ3) is 2.35. The van der Waals surface area contributed by atoms with E-state index in [1.165, 1.54) is 5.56 Å². The number of hydrogen-bond donors (Lipinski definition) is 0. The summed E-state index contributed by atoms with van der Waals surface area (Å²) in [4.78, 5) is 14.6. The molecule has 98 valence electrons. The molecule has 2 heteroatoms. The lowest BCUT2D eigenvalue weighted by atomic mass is 9.75. The molecule has 1 fully saturated rings. The zero-order chi connectivity index (χ0) is 13.6. The Balaban J connectivity index is 2.18. The molecule has 1 heterocycles. The van der Waals surface area contributed by atoms with E-state index in [4.69, 9.17) is 0 Å². The topological polar surface area (TPSA) is 20.3 Å². The van der Waals surface area contributed by atoms with Crippen molar-refractivity contribution in [3.63, 3.8) is 0 Å². The van der Waals surface area contributed by atoms with Crippen LogP contribution in [0.25, 0.3) is 0 Å². The van der Waals surface area contributed by atoms with E-state index in [1.807, 2.05) is 12.1 Å². The first-order chi connectivity index (χ1) is 8.22. The van der Waals surface area contributed by atoms with Crippen molar-refractivity contribution in [2.75, 3.05) is 20.1 Å². The van der Waals surface area contributed by atoms with Crippen LogP contribution in [0.15, 0.2) is 24.3 Å². The second kappa shape index (κ2) is 4.20. The number of ketones is 1. The van der Waals surface area contributed by atoms with Crippen molar-refractivity contribution in [1.29, 1.82) is 0 Å². The summed E-state index contributed by atoms with van der Waals surface area (Å²) >= 11 is 0. The van der Waals surface area contributed by atoms with E-state index in [-0.39, 0.29) is 16.6 Å². The van der Waals surface area contributed by atoms with E-state index in [0.29, 0.717) is 0 Å². The SMILES string of the molecule is CN1CC(C)(C(=O)c2ccc(C(C)(C)C)cc2)C1. The van der Waals surface area contributed by atoms with E-state index < -0.39 is 0 Å². The van der Waals surface area contributed by atoms with Gasteiger partial charge in [0.05, 0.1) is 5.41 Å². The van der Waals surface area contributed by atoms with Gasteiger partial charge in [0.15, 0.2) is 5.78 Å². The molecule has 0 saturated carbocycles. The van der Waals surface area contributed by atoms with Crippen LogP contribution < -0.4 is 0 Å². The standard InChI is InChI=1S/C16H23NO/c1-15(2,3)13-8-6-12(7-9-13)14(18)16(4)10-17(5)11-16/h6-9H,10-11H2,1-5H3. The minimum absolute atomic E-state index is 0.141. The Morgan fingerprint density at radius 1 is 1.17 bits per heavy atom. The van der Waals surface area contributed by atoms with Gasteiger partial charge in [0.25, 0.3) is 0 Å². The van der Waals surface area contributed by atoms with Crippen LogP contribution in [-0.4, -0.2) is 30.8 Å². The normalized spacial score (nSPS) is 19.4. The highest BCUT2D eigenvalue weighted by Gasteiger charge is 2.43. The number of likely N-dealkylation sites (tertiary alicyclic amines) is 1. The van der Waals surface area contributed by atoms with Crippen molar-refractivity contribution < 1.29 is 4.79 Å². The fourth-order valence-electron chi connectivity index (χ4n) is 2.76. The van der Waals surface area contributed by atoms with Gasteiger partial charge in [0.1, 0.15) is 0 Å². The van der Waals surface area contributed by atoms with Crippen LogP contribution >= 0.6 is 0 Å². The third-order valence-corrected chi connectivity index (χ3v) is 3.80. The van der Waals surface area contributed by atoms with Gasteiger partial charge in [0, 0.05) is 18.7 Å². The Morgan fingerprint density at radius 2 is 1.67 bits per heavy atom. The molecular formula is C16H23NO. The predicted molar refractivity (Wildman–Crippen MR) is 75.1 cm³/mol. The fourth-order valence-corrected chi connectivity index (χ4v) is 2.76. The third-order valence-electron chi connectivity index (χ3n) is 3.80. The second-order valence-corrected chi connectivity index (χ2v) is 6.89. The van der Waals surface area contributed by atoms with E-state index in [2.05, 4.69) is 51.8 Å². The quantitative estimate of drug-likeness (QED) is 0.746. The lowest BCUT2D eigenvalue weighted by Crippen LogP contribution is -2.56. The van der Waals surface area contributed by atoms with Crippen molar-refractivity contribution in [1.82, 2.24) is 4.90 Å². The average molecular weight is 245 g/mol. The summed E-state index contributed by atoms with van der Waals surface area (Å²) in [6.07, 6.45) is 0. The van der Waals surface area contributed by atoms with Crippen LogP contribution in [0, 0.1) is 5.41 Å². The van der Waals surface area contributed by atoms with Gasteiger partial charge in [-0.05, 0) is 24.9 Å². The Bertz CT molecular complexity index is 447. The van der Waals surface area contributed by atoms with Crippen LogP contribution in [0.2, 0.25) is 0 Å². The minimum atomic E-state index is -0.183. The molecule has 1 aromatic carbocycles. The first-order valence-electron chi connectivity index (χ1n) is 6.56. The molecule has 0 radical (unpaired) electrons.